The van der Waals surface area contributed by atoms with E-state index in [0.29, 0.717) is 15.6 Å². The highest BCUT2D eigenvalue weighted by molar-refractivity contribution is 7.14. The lowest BCUT2D eigenvalue weighted by Crippen LogP contribution is -2.44. The van der Waals surface area contributed by atoms with E-state index < -0.39 is 5.91 Å². The molecular weight excluding hydrogens is 352 g/mol. The van der Waals surface area contributed by atoms with Gasteiger partial charge in [0.05, 0.1) is 16.5 Å². The molecule has 2 amide bonds. The largest absolute Gasteiger partial charge is 0.279 e. The average Bonchev–Trinajstić information content (AvgIpc) is 3.03. The number of benzene rings is 1. The van der Waals surface area contributed by atoms with Crippen molar-refractivity contribution >= 4 is 33.9 Å². The lowest BCUT2D eigenvalue weighted by atomic mass is 10.2. The minimum Gasteiger partial charge on any atom is -0.271 e. The Morgan fingerprint density at radius 1 is 1.23 bits per heavy atom. The second-order valence-corrected chi connectivity index (χ2v) is 6.90. The molecule has 0 radical (unpaired) electrons. The van der Waals surface area contributed by atoms with Crippen LogP contribution in [0.1, 0.15) is 27.0 Å². The van der Waals surface area contributed by atoms with Gasteiger partial charge >= 0.3 is 0 Å². The fourth-order valence-electron chi connectivity index (χ4n) is 2.59. The van der Waals surface area contributed by atoms with Crippen LogP contribution in [-0.2, 0) is 17.8 Å². The molecule has 0 bridgehead atoms. The molecule has 134 valence electrons. The smallest absolute Gasteiger partial charge is 0.271 e. The average molecular weight is 370 g/mol. The Kier molecular flexibility index (Phi) is 5.13. The monoisotopic (exact) mass is 370 g/mol. The molecule has 0 aliphatic rings. The second kappa shape index (κ2) is 7.49. The maximum Gasteiger partial charge on any atom is 0.279 e. The molecule has 0 unspecified atom stereocenters. The number of carbonyl (C=O) groups is 2. The number of aromatic nitrogens is 2. The van der Waals surface area contributed by atoms with Crippen molar-refractivity contribution in [1.29, 1.82) is 0 Å². The third kappa shape index (κ3) is 3.65. The van der Waals surface area contributed by atoms with Gasteiger partial charge in [-0.3, -0.25) is 25.2 Å². The number of nitrogens with zero attached hydrogens (tertiary/aromatic N) is 2. The molecule has 1 aromatic carbocycles. The van der Waals surface area contributed by atoms with Gasteiger partial charge < -0.3 is 0 Å². The molecule has 3 rings (SSSR count). The van der Waals surface area contributed by atoms with E-state index in [2.05, 4.69) is 16.0 Å². The minimum atomic E-state index is -0.535. The number of hydrogen-bond acceptors (Lipinski definition) is 5. The van der Waals surface area contributed by atoms with Gasteiger partial charge in [-0.2, -0.15) is 5.10 Å². The fourth-order valence-corrected chi connectivity index (χ4v) is 3.60. The zero-order valence-electron chi connectivity index (χ0n) is 14.4. The first-order valence-corrected chi connectivity index (χ1v) is 8.94. The molecule has 0 saturated heterocycles. The normalized spacial score (nSPS) is 10.7. The number of rotatable bonds is 4. The van der Waals surface area contributed by atoms with Gasteiger partial charge in [0.2, 0.25) is 0 Å². The summed E-state index contributed by atoms with van der Waals surface area (Å²) >= 11 is 1.40. The molecule has 2 heterocycles. The first-order chi connectivity index (χ1) is 12.5. The molecule has 0 atom stereocenters. The Morgan fingerprint density at radius 3 is 2.73 bits per heavy atom. The van der Waals surface area contributed by atoms with Gasteiger partial charge in [0, 0.05) is 10.3 Å². The highest BCUT2D eigenvalue weighted by atomic mass is 32.1. The van der Waals surface area contributed by atoms with Crippen LogP contribution in [0.5, 0.6) is 0 Å². The van der Waals surface area contributed by atoms with Crippen molar-refractivity contribution < 1.29 is 9.59 Å². The standard InChI is InChI=1S/C18H18N4O3S/c1-3-14-11(2)8-15(26-14)17(24)21-20-16(23)10-22-18(25)13-7-5-4-6-12(13)9-19-22/h4-9H,3,10H2,1-2H3,(H,20,23)(H,21,24). The number of amides is 2. The quantitative estimate of drug-likeness (QED) is 0.685. The van der Waals surface area contributed by atoms with Gasteiger partial charge in [0.15, 0.2) is 0 Å². The van der Waals surface area contributed by atoms with Gasteiger partial charge in [0.1, 0.15) is 6.54 Å². The molecule has 8 heteroatoms. The topological polar surface area (TPSA) is 93.1 Å². The Balaban J connectivity index is 1.65. The number of aryl methyl sites for hydroxylation is 2. The third-order valence-electron chi connectivity index (χ3n) is 3.94. The zero-order valence-corrected chi connectivity index (χ0v) is 15.2. The van der Waals surface area contributed by atoms with Crippen molar-refractivity contribution in [3.8, 4) is 0 Å². The lowest BCUT2D eigenvalue weighted by Gasteiger charge is -2.08. The summed E-state index contributed by atoms with van der Waals surface area (Å²) in [6.07, 6.45) is 2.38. The summed E-state index contributed by atoms with van der Waals surface area (Å²) in [6, 6.07) is 8.82. The summed E-state index contributed by atoms with van der Waals surface area (Å²) in [5.74, 6) is -0.919. The summed E-state index contributed by atoms with van der Waals surface area (Å²) in [6.45, 7) is 3.69. The maximum absolute atomic E-state index is 12.3. The highest BCUT2D eigenvalue weighted by Gasteiger charge is 2.13. The van der Waals surface area contributed by atoms with Gasteiger partial charge in [-0.25, -0.2) is 4.68 Å². The van der Waals surface area contributed by atoms with Gasteiger partial charge in [0.25, 0.3) is 17.4 Å². The van der Waals surface area contributed by atoms with Crippen molar-refractivity contribution in [3.63, 3.8) is 0 Å². The van der Waals surface area contributed by atoms with Crippen molar-refractivity contribution in [2.45, 2.75) is 26.8 Å². The number of carbonyl (C=O) groups excluding carboxylic acids is 2. The van der Waals surface area contributed by atoms with Crippen molar-refractivity contribution in [2.75, 3.05) is 0 Å². The first-order valence-electron chi connectivity index (χ1n) is 8.13. The Morgan fingerprint density at radius 2 is 2.00 bits per heavy atom. The lowest BCUT2D eigenvalue weighted by molar-refractivity contribution is -0.122. The van der Waals surface area contributed by atoms with Gasteiger partial charge in [-0.15, -0.1) is 11.3 Å². The molecule has 26 heavy (non-hydrogen) atoms. The van der Waals surface area contributed by atoms with E-state index in [4.69, 9.17) is 0 Å². The van der Waals surface area contributed by atoms with Crippen LogP contribution in [0.3, 0.4) is 0 Å². The molecule has 2 aromatic heterocycles. The van der Waals surface area contributed by atoms with E-state index in [1.807, 2.05) is 19.9 Å². The molecule has 0 spiro atoms. The highest BCUT2D eigenvalue weighted by Crippen LogP contribution is 2.21. The van der Waals surface area contributed by atoms with Crippen molar-refractivity contribution in [3.05, 3.63) is 62.2 Å². The molecule has 0 fully saturated rings. The van der Waals surface area contributed by atoms with E-state index in [0.717, 1.165) is 21.5 Å². The third-order valence-corrected chi connectivity index (χ3v) is 5.32. The van der Waals surface area contributed by atoms with Crippen LogP contribution in [0.2, 0.25) is 0 Å². The molecule has 0 aliphatic heterocycles. The van der Waals surface area contributed by atoms with E-state index in [1.165, 1.54) is 17.5 Å². The summed E-state index contributed by atoms with van der Waals surface area (Å²) in [5, 5.41) is 5.19. The maximum atomic E-state index is 12.3. The number of fused-ring (bicyclic) bond motifs is 1. The van der Waals surface area contributed by atoms with E-state index in [9.17, 15) is 14.4 Å². The Hall–Kier alpha value is -3.00. The summed E-state index contributed by atoms with van der Waals surface area (Å²) in [7, 11) is 0. The summed E-state index contributed by atoms with van der Waals surface area (Å²) < 4.78 is 1.06. The van der Waals surface area contributed by atoms with Crippen LogP contribution in [-0.4, -0.2) is 21.6 Å². The number of hydrazine groups is 1. The molecule has 7 nitrogen and oxygen atoms in total. The molecule has 3 aromatic rings. The van der Waals surface area contributed by atoms with Crippen LogP contribution in [0.25, 0.3) is 10.8 Å². The predicted octanol–water partition coefficient (Wildman–Crippen LogP) is 1.79. The van der Waals surface area contributed by atoms with Crippen LogP contribution in [0.4, 0.5) is 0 Å². The molecule has 2 N–H and O–H groups in total. The van der Waals surface area contributed by atoms with Crippen molar-refractivity contribution in [1.82, 2.24) is 20.6 Å². The predicted molar refractivity (Wildman–Crippen MR) is 100 cm³/mol. The Labute approximate surface area is 153 Å². The number of hydrogen-bond donors (Lipinski definition) is 2. The summed E-state index contributed by atoms with van der Waals surface area (Å²) in [5.41, 5.74) is 5.39. The fraction of sp³-hybridized carbons (Fsp3) is 0.222. The van der Waals surface area contributed by atoms with Gasteiger partial charge in [-0.1, -0.05) is 25.1 Å². The van der Waals surface area contributed by atoms with Crippen LogP contribution in [0.15, 0.2) is 41.3 Å². The second-order valence-electron chi connectivity index (χ2n) is 5.77. The molecular formula is C18H18N4O3S. The van der Waals surface area contributed by atoms with E-state index in [1.54, 1.807) is 24.3 Å². The van der Waals surface area contributed by atoms with E-state index >= 15 is 0 Å². The molecule has 0 saturated carbocycles. The Bertz CT molecular complexity index is 1040. The SMILES string of the molecule is CCc1sc(C(=O)NNC(=O)Cn2ncc3ccccc3c2=O)cc1C. The van der Waals surface area contributed by atoms with Crippen LogP contribution >= 0.6 is 11.3 Å². The first kappa shape index (κ1) is 17.8. The number of thiophene rings is 1. The molecule has 0 aliphatic carbocycles. The zero-order chi connectivity index (χ0) is 18.7. The van der Waals surface area contributed by atoms with Crippen LogP contribution < -0.4 is 16.4 Å². The minimum absolute atomic E-state index is 0.284. The van der Waals surface area contributed by atoms with E-state index in [-0.39, 0.29) is 18.0 Å². The van der Waals surface area contributed by atoms with Crippen molar-refractivity contribution in [2.24, 2.45) is 0 Å². The number of nitrogens with one attached hydrogen (secondary N) is 2. The summed E-state index contributed by atoms with van der Waals surface area (Å²) in [4.78, 5) is 38.2. The van der Waals surface area contributed by atoms with Gasteiger partial charge in [-0.05, 0) is 31.0 Å². The van der Waals surface area contributed by atoms with Crippen LogP contribution in [0, 0.1) is 6.92 Å².